The number of carbonyl (C=O) groups excluding carboxylic acids is 1. The van der Waals surface area contributed by atoms with Gasteiger partial charge in [0.25, 0.3) is 0 Å². The van der Waals surface area contributed by atoms with Gasteiger partial charge in [0, 0.05) is 22.7 Å². The quantitative estimate of drug-likeness (QED) is 0.477. The number of hydrogen-bond acceptors (Lipinski definition) is 5. The molecule has 0 aromatic heterocycles. The average Bonchev–Trinajstić information content (AvgIpc) is 2.53. The van der Waals surface area contributed by atoms with Gasteiger partial charge in [0.05, 0.1) is 17.6 Å². The van der Waals surface area contributed by atoms with Crippen LogP contribution in [0.1, 0.15) is 15.9 Å². The molecule has 0 saturated heterocycles. The summed E-state index contributed by atoms with van der Waals surface area (Å²) in [5, 5.41) is 11.5. The number of rotatable bonds is 5. The van der Waals surface area contributed by atoms with Crippen LogP contribution in [0.2, 0.25) is 5.02 Å². The summed E-state index contributed by atoms with van der Waals surface area (Å²) in [4.78, 5) is 22.0. The van der Waals surface area contributed by atoms with Crippen molar-refractivity contribution in [3.63, 3.8) is 0 Å². The Morgan fingerprint density at radius 2 is 2.00 bits per heavy atom. The number of nitro groups is 1. The number of halogens is 1. The van der Waals surface area contributed by atoms with Crippen molar-refractivity contribution >= 4 is 23.3 Å². The van der Waals surface area contributed by atoms with Gasteiger partial charge in [-0.25, -0.2) is 4.79 Å². The molecule has 22 heavy (non-hydrogen) atoms. The molecule has 0 N–H and O–H groups in total. The Kier molecular flexibility index (Phi) is 4.95. The van der Waals surface area contributed by atoms with E-state index in [1.165, 1.54) is 25.3 Å². The number of nitro benzene ring substituents is 1. The van der Waals surface area contributed by atoms with Gasteiger partial charge in [0.1, 0.15) is 6.61 Å². The lowest BCUT2D eigenvalue weighted by molar-refractivity contribution is -0.385. The van der Waals surface area contributed by atoms with Crippen LogP contribution in [0.5, 0.6) is 5.75 Å². The van der Waals surface area contributed by atoms with E-state index >= 15 is 0 Å². The molecule has 0 aliphatic rings. The van der Waals surface area contributed by atoms with Crippen molar-refractivity contribution < 1.29 is 19.2 Å². The van der Waals surface area contributed by atoms with Crippen LogP contribution in [-0.4, -0.2) is 18.0 Å². The molecule has 2 rings (SSSR count). The maximum absolute atomic E-state index is 11.5. The number of methoxy groups -OCH3 is 1. The highest BCUT2D eigenvalue weighted by Crippen LogP contribution is 2.29. The Bertz CT molecular complexity index is 717. The molecule has 0 bridgehead atoms. The molecule has 0 amide bonds. The number of ether oxygens (including phenoxy) is 2. The van der Waals surface area contributed by atoms with E-state index in [1.807, 2.05) is 0 Å². The van der Waals surface area contributed by atoms with Crippen molar-refractivity contribution in [1.82, 2.24) is 0 Å². The highest BCUT2D eigenvalue weighted by molar-refractivity contribution is 6.31. The van der Waals surface area contributed by atoms with E-state index in [0.717, 1.165) is 0 Å². The van der Waals surface area contributed by atoms with Crippen LogP contribution in [0.3, 0.4) is 0 Å². The molecule has 114 valence electrons. The van der Waals surface area contributed by atoms with Gasteiger partial charge in [-0.2, -0.15) is 0 Å². The lowest BCUT2D eigenvalue weighted by Crippen LogP contribution is -2.04. The highest BCUT2D eigenvalue weighted by atomic mass is 35.5. The summed E-state index contributed by atoms with van der Waals surface area (Å²) < 4.78 is 10.1. The monoisotopic (exact) mass is 321 g/mol. The lowest BCUT2D eigenvalue weighted by atomic mass is 10.2. The Morgan fingerprint density at radius 1 is 1.27 bits per heavy atom. The van der Waals surface area contributed by atoms with Crippen LogP contribution in [0.15, 0.2) is 42.5 Å². The fraction of sp³-hybridized carbons (Fsp3) is 0.133. The van der Waals surface area contributed by atoms with Crippen molar-refractivity contribution in [2.45, 2.75) is 6.61 Å². The zero-order valence-electron chi connectivity index (χ0n) is 11.6. The molecule has 0 radical (unpaired) electrons. The Labute approximate surface area is 131 Å². The normalized spacial score (nSPS) is 10.1. The summed E-state index contributed by atoms with van der Waals surface area (Å²) in [6, 6.07) is 10.8. The maximum Gasteiger partial charge on any atom is 0.337 e. The molecule has 7 heteroatoms. The molecular weight excluding hydrogens is 310 g/mol. The molecule has 2 aromatic rings. The van der Waals surface area contributed by atoms with Gasteiger partial charge in [0.2, 0.25) is 0 Å². The van der Waals surface area contributed by atoms with E-state index in [-0.39, 0.29) is 23.6 Å². The molecular formula is C15H12ClNO5. The third kappa shape index (κ3) is 3.53. The molecule has 0 atom stereocenters. The molecule has 0 aliphatic heterocycles. The Morgan fingerprint density at radius 3 is 2.64 bits per heavy atom. The van der Waals surface area contributed by atoms with Crippen LogP contribution in [0.25, 0.3) is 0 Å². The van der Waals surface area contributed by atoms with Crippen molar-refractivity contribution in [2.75, 3.05) is 7.11 Å². The van der Waals surface area contributed by atoms with Gasteiger partial charge in [-0.1, -0.05) is 29.8 Å². The Hall–Kier alpha value is -2.60. The second-order valence-corrected chi connectivity index (χ2v) is 4.72. The summed E-state index contributed by atoms with van der Waals surface area (Å²) >= 11 is 6.01. The SMILES string of the molecule is COC(=O)c1ccc([N+](=O)[O-])c(OCc2ccccc2Cl)c1. The molecule has 0 heterocycles. The predicted octanol–water partition coefficient (Wildman–Crippen LogP) is 3.61. The second-order valence-electron chi connectivity index (χ2n) is 4.31. The largest absolute Gasteiger partial charge is 0.482 e. The summed E-state index contributed by atoms with van der Waals surface area (Å²) in [6.07, 6.45) is 0. The minimum Gasteiger partial charge on any atom is -0.482 e. The van der Waals surface area contributed by atoms with Crippen LogP contribution in [0, 0.1) is 10.1 Å². The van der Waals surface area contributed by atoms with E-state index < -0.39 is 10.9 Å². The van der Waals surface area contributed by atoms with Crippen molar-refractivity contribution in [1.29, 1.82) is 0 Å². The van der Waals surface area contributed by atoms with Gasteiger partial charge in [-0.15, -0.1) is 0 Å². The van der Waals surface area contributed by atoms with Gasteiger partial charge in [-0.3, -0.25) is 10.1 Å². The van der Waals surface area contributed by atoms with Crippen molar-refractivity contribution in [2.24, 2.45) is 0 Å². The molecule has 0 aliphatic carbocycles. The number of carbonyl (C=O) groups is 1. The minimum absolute atomic E-state index is 0.0205. The van der Waals surface area contributed by atoms with E-state index in [4.69, 9.17) is 16.3 Å². The Balaban J connectivity index is 2.29. The first-order valence-corrected chi connectivity index (χ1v) is 6.63. The van der Waals surface area contributed by atoms with Crippen LogP contribution >= 0.6 is 11.6 Å². The zero-order valence-corrected chi connectivity index (χ0v) is 12.4. The van der Waals surface area contributed by atoms with E-state index in [9.17, 15) is 14.9 Å². The summed E-state index contributed by atoms with van der Waals surface area (Å²) in [5.41, 5.74) is 0.615. The number of esters is 1. The molecule has 0 saturated carbocycles. The fourth-order valence-corrected chi connectivity index (χ4v) is 1.99. The van der Waals surface area contributed by atoms with Crippen molar-refractivity contribution in [3.8, 4) is 5.75 Å². The summed E-state index contributed by atoms with van der Waals surface area (Å²) in [6.45, 7) is 0.0468. The van der Waals surface area contributed by atoms with Gasteiger partial charge >= 0.3 is 11.7 Å². The molecule has 0 fully saturated rings. The third-order valence-electron chi connectivity index (χ3n) is 2.92. The summed E-state index contributed by atoms with van der Waals surface area (Å²) in [5.74, 6) is -0.620. The number of benzene rings is 2. The fourth-order valence-electron chi connectivity index (χ4n) is 1.80. The highest BCUT2D eigenvalue weighted by Gasteiger charge is 2.18. The van der Waals surface area contributed by atoms with Crippen LogP contribution in [0.4, 0.5) is 5.69 Å². The maximum atomic E-state index is 11.5. The number of nitrogens with zero attached hydrogens (tertiary/aromatic N) is 1. The topological polar surface area (TPSA) is 78.7 Å². The van der Waals surface area contributed by atoms with E-state index in [1.54, 1.807) is 24.3 Å². The zero-order chi connectivity index (χ0) is 16.1. The first-order chi connectivity index (χ1) is 10.5. The lowest BCUT2D eigenvalue weighted by Gasteiger charge is -2.09. The third-order valence-corrected chi connectivity index (χ3v) is 3.29. The van der Waals surface area contributed by atoms with Gasteiger partial charge in [0.15, 0.2) is 5.75 Å². The first kappa shape index (κ1) is 15.8. The molecule has 6 nitrogen and oxygen atoms in total. The summed E-state index contributed by atoms with van der Waals surface area (Å²) in [7, 11) is 1.23. The molecule has 2 aromatic carbocycles. The smallest absolute Gasteiger partial charge is 0.337 e. The second kappa shape index (κ2) is 6.91. The average molecular weight is 322 g/mol. The van der Waals surface area contributed by atoms with E-state index in [2.05, 4.69) is 4.74 Å². The minimum atomic E-state index is -0.600. The number of hydrogen-bond donors (Lipinski definition) is 0. The standard InChI is InChI=1S/C15H12ClNO5/c1-21-15(18)10-6-7-13(17(19)20)14(8-10)22-9-11-4-2-3-5-12(11)16/h2-8H,9H2,1H3. The van der Waals surface area contributed by atoms with Gasteiger partial charge < -0.3 is 9.47 Å². The first-order valence-electron chi connectivity index (χ1n) is 6.26. The van der Waals surface area contributed by atoms with Crippen LogP contribution < -0.4 is 4.74 Å². The van der Waals surface area contributed by atoms with Gasteiger partial charge in [-0.05, 0) is 12.1 Å². The molecule has 0 unspecified atom stereocenters. The van der Waals surface area contributed by atoms with Crippen molar-refractivity contribution in [3.05, 3.63) is 68.7 Å². The van der Waals surface area contributed by atoms with Crippen LogP contribution in [-0.2, 0) is 11.3 Å². The van der Waals surface area contributed by atoms with E-state index in [0.29, 0.717) is 10.6 Å². The predicted molar refractivity (Wildman–Crippen MR) is 80.2 cm³/mol. The molecule has 0 spiro atoms.